The van der Waals surface area contributed by atoms with Gasteiger partial charge in [0.1, 0.15) is 35.8 Å². The van der Waals surface area contributed by atoms with E-state index in [1.54, 1.807) is 19.1 Å². The van der Waals surface area contributed by atoms with Crippen molar-refractivity contribution < 1.29 is 19.3 Å². The Bertz CT molecular complexity index is 1300. The summed E-state index contributed by atoms with van der Waals surface area (Å²) in [6.45, 7) is 10.4. The molecule has 1 N–H and O–H groups in total. The van der Waals surface area contributed by atoms with Gasteiger partial charge in [-0.2, -0.15) is 0 Å². The molecule has 0 aliphatic carbocycles. The van der Waals surface area contributed by atoms with Crippen LogP contribution in [0.25, 0.3) is 16.9 Å². The third-order valence-corrected chi connectivity index (χ3v) is 6.62. The smallest absolute Gasteiger partial charge is 0.178 e. The molecule has 206 valence electrons. The van der Waals surface area contributed by atoms with Gasteiger partial charge in [0.2, 0.25) is 0 Å². The highest BCUT2D eigenvalue weighted by Gasteiger charge is 2.23. The molecule has 0 saturated heterocycles. The molecular formula is C31H36ClN3O4. The molecular weight excluding hydrogens is 514 g/mol. The lowest BCUT2D eigenvalue weighted by molar-refractivity contribution is -0.0538. The number of aliphatic hydroxyl groups excluding tert-OH is 1. The summed E-state index contributed by atoms with van der Waals surface area (Å²) in [6.07, 6.45) is 0.979. The zero-order chi connectivity index (χ0) is 27.8. The highest BCUT2D eigenvalue weighted by atomic mass is 35.5. The van der Waals surface area contributed by atoms with Crippen LogP contribution in [0.5, 0.6) is 17.2 Å². The summed E-state index contributed by atoms with van der Waals surface area (Å²) in [7, 11) is 0. The fourth-order valence-corrected chi connectivity index (χ4v) is 4.42. The van der Waals surface area contributed by atoms with Gasteiger partial charge < -0.3 is 23.9 Å². The van der Waals surface area contributed by atoms with Crippen molar-refractivity contribution >= 4 is 11.6 Å². The lowest BCUT2D eigenvalue weighted by atomic mass is 10.1. The van der Waals surface area contributed by atoms with Crippen LogP contribution in [0, 0.1) is 0 Å². The molecule has 1 heterocycles. The van der Waals surface area contributed by atoms with Gasteiger partial charge in [-0.05, 0) is 99.7 Å². The molecule has 8 heteroatoms. The minimum atomic E-state index is -0.621. The van der Waals surface area contributed by atoms with Crippen LogP contribution in [0.3, 0.4) is 0 Å². The first-order chi connectivity index (χ1) is 18.9. The average Bonchev–Trinajstić information content (AvgIpc) is 3.38. The number of hydrogen-bond acceptors (Lipinski definition) is 6. The Hall–Kier alpha value is -3.36. The number of aromatic nitrogens is 2. The molecule has 2 atom stereocenters. The molecule has 39 heavy (non-hydrogen) atoms. The molecule has 3 aromatic carbocycles. The Balaban J connectivity index is 1.54. The van der Waals surface area contributed by atoms with E-state index in [2.05, 4.69) is 18.7 Å². The van der Waals surface area contributed by atoms with Crippen molar-refractivity contribution in [1.82, 2.24) is 14.5 Å². The third-order valence-electron chi connectivity index (χ3n) is 6.37. The Kier molecular flexibility index (Phi) is 10.0. The first-order valence-corrected chi connectivity index (χ1v) is 13.7. The summed E-state index contributed by atoms with van der Waals surface area (Å²) in [5.41, 5.74) is 2.73. The van der Waals surface area contributed by atoms with Crippen LogP contribution in [-0.4, -0.2) is 51.6 Å². The van der Waals surface area contributed by atoms with Crippen molar-refractivity contribution in [2.75, 3.05) is 19.7 Å². The molecule has 4 aromatic rings. The molecule has 0 aliphatic rings. The monoisotopic (exact) mass is 549 g/mol. The van der Waals surface area contributed by atoms with E-state index in [1.807, 2.05) is 78.4 Å². The van der Waals surface area contributed by atoms with Gasteiger partial charge in [-0.15, -0.1) is 0 Å². The van der Waals surface area contributed by atoms with Crippen molar-refractivity contribution in [2.45, 2.75) is 46.6 Å². The van der Waals surface area contributed by atoms with Crippen LogP contribution >= 0.6 is 11.6 Å². The molecule has 0 saturated carbocycles. The fraction of sp³-hybridized carbons (Fsp3) is 0.323. The quantitative estimate of drug-likeness (QED) is 0.182. The molecule has 4 rings (SSSR count). The van der Waals surface area contributed by atoms with Crippen molar-refractivity contribution in [2.24, 2.45) is 0 Å². The van der Waals surface area contributed by atoms with Crippen molar-refractivity contribution in [3.05, 3.63) is 89.8 Å². The molecule has 2 unspecified atom stereocenters. The zero-order valence-electron chi connectivity index (χ0n) is 22.9. The second-order valence-electron chi connectivity index (χ2n) is 9.09. The lowest BCUT2D eigenvalue weighted by Gasteiger charge is -2.32. The summed E-state index contributed by atoms with van der Waals surface area (Å²) in [5, 5.41) is 10.9. The van der Waals surface area contributed by atoms with Gasteiger partial charge in [0.15, 0.2) is 6.23 Å². The number of hydrogen-bond donors (Lipinski definition) is 1. The van der Waals surface area contributed by atoms with Gasteiger partial charge in [-0.3, -0.25) is 4.90 Å². The second kappa shape index (κ2) is 13.6. The van der Waals surface area contributed by atoms with E-state index in [0.717, 1.165) is 47.4 Å². The standard InChI is InChI=1S/C31H36ClN3O4/c1-5-34(6-2)31(22(4)36)39-28-14-8-23(9-15-28)29-20-35(30(33-29)21-37-7-3)25-12-18-27(19-13-25)38-26-16-10-24(32)11-17-26/h8-20,22,31,36H,5-7,21H2,1-4H3. The van der Waals surface area contributed by atoms with Crippen molar-refractivity contribution in [3.8, 4) is 34.2 Å². The van der Waals surface area contributed by atoms with E-state index in [4.69, 9.17) is 30.8 Å². The number of likely N-dealkylation sites (N-methyl/N-ethyl adjacent to an activating group) is 1. The molecule has 1 aromatic heterocycles. The third kappa shape index (κ3) is 7.40. The maximum absolute atomic E-state index is 10.2. The van der Waals surface area contributed by atoms with Gasteiger partial charge in [0.05, 0.1) is 5.69 Å². The first-order valence-electron chi connectivity index (χ1n) is 13.3. The number of aliphatic hydroxyl groups is 1. The van der Waals surface area contributed by atoms with E-state index in [0.29, 0.717) is 24.0 Å². The molecule has 0 aliphatic heterocycles. The Morgan fingerprint density at radius 2 is 1.46 bits per heavy atom. The number of benzene rings is 3. The van der Waals surface area contributed by atoms with Gasteiger partial charge >= 0.3 is 0 Å². The number of nitrogens with zero attached hydrogens (tertiary/aromatic N) is 3. The van der Waals surface area contributed by atoms with Crippen LogP contribution in [0.4, 0.5) is 0 Å². The van der Waals surface area contributed by atoms with Crippen LogP contribution < -0.4 is 9.47 Å². The minimum absolute atomic E-state index is 0.390. The van der Waals surface area contributed by atoms with E-state index in [9.17, 15) is 5.11 Å². The van der Waals surface area contributed by atoms with Crippen molar-refractivity contribution in [3.63, 3.8) is 0 Å². The molecule has 7 nitrogen and oxygen atoms in total. The highest BCUT2D eigenvalue weighted by Crippen LogP contribution is 2.28. The Morgan fingerprint density at radius 3 is 2.03 bits per heavy atom. The van der Waals surface area contributed by atoms with Gasteiger partial charge in [-0.25, -0.2) is 4.98 Å². The number of rotatable bonds is 13. The predicted molar refractivity (Wildman–Crippen MR) is 155 cm³/mol. The first kappa shape index (κ1) is 28.6. The molecule has 0 bridgehead atoms. The van der Waals surface area contributed by atoms with Crippen LogP contribution in [0.1, 0.15) is 33.5 Å². The summed E-state index contributed by atoms with van der Waals surface area (Å²) in [5.74, 6) is 2.94. The summed E-state index contributed by atoms with van der Waals surface area (Å²) in [6, 6.07) is 22.9. The lowest BCUT2D eigenvalue weighted by Crippen LogP contribution is -2.46. The fourth-order valence-electron chi connectivity index (χ4n) is 4.30. The molecule has 0 amide bonds. The topological polar surface area (TPSA) is 69.0 Å². The summed E-state index contributed by atoms with van der Waals surface area (Å²) in [4.78, 5) is 6.96. The SMILES string of the molecule is CCOCc1nc(-c2ccc(OC(C(C)O)N(CC)CC)cc2)cn1-c1ccc(Oc2ccc(Cl)cc2)cc1. The average molecular weight is 550 g/mol. The molecule has 0 fully saturated rings. The van der Waals surface area contributed by atoms with E-state index >= 15 is 0 Å². The van der Waals surface area contributed by atoms with E-state index < -0.39 is 12.3 Å². The zero-order valence-corrected chi connectivity index (χ0v) is 23.6. The van der Waals surface area contributed by atoms with E-state index in [-0.39, 0.29) is 0 Å². The second-order valence-corrected chi connectivity index (χ2v) is 9.53. The maximum Gasteiger partial charge on any atom is 0.178 e. The summed E-state index contributed by atoms with van der Waals surface area (Å²) < 4.78 is 19.8. The van der Waals surface area contributed by atoms with Gasteiger partial charge in [0.25, 0.3) is 0 Å². The predicted octanol–water partition coefficient (Wildman–Crippen LogP) is 6.95. The number of ether oxygens (including phenoxy) is 3. The molecule has 0 radical (unpaired) electrons. The largest absolute Gasteiger partial charge is 0.472 e. The van der Waals surface area contributed by atoms with Crippen LogP contribution in [0.2, 0.25) is 5.02 Å². The van der Waals surface area contributed by atoms with Crippen LogP contribution in [-0.2, 0) is 11.3 Å². The van der Waals surface area contributed by atoms with Crippen LogP contribution in [0.15, 0.2) is 79.0 Å². The maximum atomic E-state index is 10.2. The van der Waals surface area contributed by atoms with Gasteiger partial charge in [-0.1, -0.05) is 25.4 Å². The van der Waals surface area contributed by atoms with Crippen molar-refractivity contribution in [1.29, 1.82) is 0 Å². The molecule has 0 spiro atoms. The van der Waals surface area contributed by atoms with E-state index in [1.165, 1.54) is 0 Å². The number of imidazole rings is 1. The normalized spacial score (nSPS) is 12.9. The highest BCUT2D eigenvalue weighted by molar-refractivity contribution is 6.30. The Labute approximate surface area is 235 Å². The Morgan fingerprint density at radius 1 is 0.872 bits per heavy atom. The van der Waals surface area contributed by atoms with Gasteiger partial charge in [0, 0.05) is 29.1 Å². The summed E-state index contributed by atoms with van der Waals surface area (Å²) >= 11 is 5.97. The number of halogens is 1. The minimum Gasteiger partial charge on any atom is -0.472 e.